The van der Waals surface area contributed by atoms with E-state index in [0.29, 0.717) is 5.75 Å². The zero-order chi connectivity index (χ0) is 10.7. The molecule has 0 saturated carbocycles. The number of alkyl halides is 2. The Morgan fingerprint density at radius 1 is 1.64 bits per heavy atom. The Kier molecular flexibility index (Phi) is 3.89. The highest BCUT2D eigenvalue weighted by Gasteiger charge is 2.18. The lowest BCUT2D eigenvalue weighted by molar-refractivity contribution is 0.101. The molecular formula is C9H7BrClFO2. The summed E-state index contributed by atoms with van der Waals surface area (Å²) in [5, 5.41) is 0. The van der Waals surface area contributed by atoms with E-state index >= 15 is 0 Å². The third kappa shape index (κ3) is 2.45. The number of ketones is 1. The van der Waals surface area contributed by atoms with Crippen LogP contribution >= 0.6 is 27.5 Å². The largest absolute Gasteiger partial charge is 0.496 e. The second kappa shape index (κ2) is 4.75. The number of carbonyl (C=O) groups excluding carboxylic acids is 1. The van der Waals surface area contributed by atoms with Crippen molar-refractivity contribution in [2.45, 2.75) is 4.29 Å². The molecular weight excluding hydrogens is 274 g/mol. The molecule has 0 N–H and O–H groups in total. The van der Waals surface area contributed by atoms with E-state index in [-0.39, 0.29) is 5.56 Å². The predicted octanol–water partition coefficient (Wildman–Crippen LogP) is 2.98. The van der Waals surface area contributed by atoms with E-state index in [9.17, 15) is 9.18 Å². The molecule has 1 rings (SSSR count). The van der Waals surface area contributed by atoms with Crippen LogP contribution in [0.4, 0.5) is 4.39 Å². The fraction of sp³-hybridized carbons (Fsp3) is 0.222. The minimum Gasteiger partial charge on any atom is -0.496 e. The monoisotopic (exact) mass is 280 g/mol. The van der Waals surface area contributed by atoms with Gasteiger partial charge in [0.05, 0.1) is 12.7 Å². The summed E-state index contributed by atoms with van der Waals surface area (Å²) in [6.07, 6.45) is 0. The minimum absolute atomic E-state index is 0.129. The predicted molar refractivity (Wildman–Crippen MR) is 55.9 cm³/mol. The Balaban J connectivity index is 3.17. The topological polar surface area (TPSA) is 26.3 Å². The lowest BCUT2D eigenvalue weighted by Gasteiger charge is -2.07. The van der Waals surface area contributed by atoms with Crippen molar-refractivity contribution in [1.29, 1.82) is 0 Å². The molecule has 1 aromatic carbocycles. The number of halogens is 3. The van der Waals surface area contributed by atoms with E-state index in [1.807, 2.05) is 0 Å². The Bertz CT molecular complexity index is 355. The van der Waals surface area contributed by atoms with Gasteiger partial charge in [-0.1, -0.05) is 15.9 Å². The van der Waals surface area contributed by atoms with Crippen molar-refractivity contribution in [3.05, 3.63) is 29.6 Å². The van der Waals surface area contributed by atoms with Crippen molar-refractivity contribution in [1.82, 2.24) is 0 Å². The van der Waals surface area contributed by atoms with Crippen LogP contribution in [0.1, 0.15) is 10.4 Å². The molecule has 0 aliphatic rings. The summed E-state index contributed by atoms with van der Waals surface area (Å²) in [6.45, 7) is 0. The molecule has 0 radical (unpaired) electrons. The van der Waals surface area contributed by atoms with Crippen LogP contribution in [0.25, 0.3) is 0 Å². The highest BCUT2D eigenvalue weighted by molar-refractivity contribution is 9.10. The number of Topliss-reactive ketones (excluding diaryl/α,β-unsaturated/α-hetero) is 1. The average molecular weight is 282 g/mol. The van der Waals surface area contributed by atoms with Crippen LogP contribution in [-0.4, -0.2) is 17.2 Å². The quantitative estimate of drug-likeness (QED) is 0.629. The minimum atomic E-state index is -0.877. The highest BCUT2D eigenvalue weighted by Crippen LogP contribution is 2.24. The summed E-state index contributed by atoms with van der Waals surface area (Å²) in [4.78, 5) is 11.5. The van der Waals surface area contributed by atoms with Gasteiger partial charge in [0.1, 0.15) is 11.6 Å². The molecule has 0 heterocycles. The van der Waals surface area contributed by atoms with Crippen molar-refractivity contribution in [2.24, 2.45) is 0 Å². The average Bonchev–Trinajstić information content (AvgIpc) is 2.16. The van der Waals surface area contributed by atoms with Gasteiger partial charge < -0.3 is 4.74 Å². The third-order valence-corrected chi connectivity index (χ3v) is 2.24. The van der Waals surface area contributed by atoms with Crippen LogP contribution in [0.3, 0.4) is 0 Å². The molecule has 0 spiro atoms. The standard InChI is InChI=1S/C9H7BrClFO2/c1-14-7-3-2-5(12)4-6(7)8(13)9(10)11/h2-4,9H,1H3. The molecule has 1 unspecified atom stereocenters. The molecule has 0 aromatic heterocycles. The van der Waals surface area contributed by atoms with Gasteiger partial charge >= 0.3 is 0 Å². The van der Waals surface area contributed by atoms with Gasteiger partial charge in [-0.05, 0) is 18.2 Å². The van der Waals surface area contributed by atoms with E-state index in [0.717, 1.165) is 6.07 Å². The molecule has 14 heavy (non-hydrogen) atoms. The van der Waals surface area contributed by atoms with Crippen LogP contribution in [-0.2, 0) is 0 Å². The van der Waals surface area contributed by atoms with Crippen molar-refractivity contribution in [2.75, 3.05) is 7.11 Å². The lowest BCUT2D eigenvalue weighted by Crippen LogP contribution is -2.09. The first-order valence-corrected chi connectivity index (χ1v) is 5.07. The Hall–Kier alpha value is -0.610. The number of carbonyl (C=O) groups is 1. The Morgan fingerprint density at radius 2 is 2.29 bits per heavy atom. The molecule has 0 aliphatic heterocycles. The SMILES string of the molecule is COc1ccc(F)cc1C(=O)C(Cl)Br. The first-order chi connectivity index (χ1) is 6.56. The summed E-state index contributed by atoms with van der Waals surface area (Å²) >= 11 is 8.44. The number of rotatable bonds is 3. The number of methoxy groups -OCH3 is 1. The maximum atomic E-state index is 12.8. The van der Waals surface area contributed by atoms with Crippen LogP contribution in [0.15, 0.2) is 18.2 Å². The van der Waals surface area contributed by atoms with Gasteiger partial charge in [-0.2, -0.15) is 0 Å². The van der Waals surface area contributed by atoms with E-state index in [2.05, 4.69) is 15.9 Å². The summed E-state index contributed by atoms with van der Waals surface area (Å²) < 4.78 is 16.9. The maximum absolute atomic E-state index is 12.8. The second-order valence-electron chi connectivity index (χ2n) is 2.51. The zero-order valence-corrected chi connectivity index (χ0v) is 9.60. The number of hydrogen-bond donors (Lipinski definition) is 0. The third-order valence-electron chi connectivity index (χ3n) is 1.63. The molecule has 0 amide bonds. The fourth-order valence-corrected chi connectivity index (χ4v) is 1.35. The Morgan fingerprint density at radius 3 is 2.79 bits per heavy atom. The van der Waals surface area contributed by atoms with Gasteiger partial charge in [0.2, 0.25) is 0 Å². The smallest absolute Gasteiger partial charge is 0.195 e. The molecule has 0 bridgehead atoms. The molecule has 0 fully saturated rings. The van der Waals surface area contributed by atoms with E-state index in [1.54, 1.807) is 0 Å². The van der Waals surface area contributed by atoms with Gasteiger partial charge in [-0.3, -0.25) is 4.79 Å². The molecule has 76 valence electrons. The maximum Gasteiger partial charge on any atom is 0.195 e. The van der Waals surface area contributed by atoms with E-state index < -0.39 is 15.9 Å². The van der Waals surface area contributed by atoms with Crippen LogP contribution in [0, 0.1) is 5.82 Å². The summed E-state index contributed by atoms with van der Waals surface area (Å²) in [5.74, 6) is -0.622. The van der Waals surface area contributed by atoms with Crippen LogP contribution in [0.5, 0.6) is 5.75 Å². The summed E-state index contributed by atoms with van der Waals surface area (Å²) in [6, 6.07) is 3.69. The first-order valence-electron chi connectivity index (χ1n) is 3.72. The molecule has 0 saturated heterocycles. The van der Waals surface area contributed by atoms with Gasteiger partial charge in [-0.25, -0.2) is 4.39 Å². The second-order valence-corrected chi connectivity index (χ2v) is 4.39. The number of hydrogen-bond acceptors (Lipinski definition) is 2. The van der Waals surface area contributed by atoms with Gasteiger partial charge in [0, 0.05) is 0 Å². The number of ether oxygens (including phenoxy) is 1. The van der Waals surface area contributed by atoms with Crippen molar-refractivity contribution in [3.8, 4) is 5.75 Å². The highest BCUT2D eigenvalue weighted by atomic mass is 79.9. The van der Waals surface area contributed by atoms with Crippen molar-refractivity contribution >= 4 is 33.3 Å². The van der Waals surface area contributed by atoms with E-state index in [1.165, 1.54) is 19.2 Å². The lowest BCUT2D eigenvalue weighted by atomic mass is 10.1. The van der Waals surface area contributed by atoms with Crippen LogP contribution in [0.2, 0.25) is 0 Å². The summed E-state index contributed by atoms with van der Waals surface area (Å²) in [5.41, 5.74) is 0.129. The molecule has 2 nitrogen and oxygen atoms in total. The van der Waals surface area contributed by atoms with Gasteiger partial charge in [0.25, 0.3) is 0 Å². The summed E-state index contributed by atoms with van der Waals surface area (Å²) in [7, 11) is 1.40. The first kappa shape index (κ1) is 11.5. The van der Waals surface area contributed by atoms with Crippen molar-refractivity contribution in [3.63, 3.8) is 0 Å². The zero-order valence-electron chi connectivity index (χ0n) is 7.26. The molecule has 1 aromatic rings. The normalized spacial score (nSPS) is 12.3. The van der Waals surface area contributed by atoms with Crippen LogP contribution < -0.4 is 4.74 Å². The Labute approximate surface area is 94.1 Å². The van der Waals surface area contributed by atoms with Gasteiger partial charge in [0.15, 0.2) is 10.1 Å². The van der Waals surface area contributed by atoms with Crippen molar-refractivity contribution < 1.29 is 13.9 Å². The molecule has 0 aliphatic carbocycles. The number of benzene rings is 1. The fourth-order valence-electron chi connectivity index (χ4n) is 0.990. The van der Waals surface area contributed by atoms with Gasteiger partial charge in [-0.15, -0.1) is 11.6 Å². The molecule has 1 atom stereocenters. The molecule has 5 heteroatoms. The van der Waals surface area contributed by atoms with E-state index in [4.69, 9.17) is 16.3 Å².